The molecule has 0 aliphatic rings. The number of carbonyl (C=O) groups excluding carboxylic acids is 3. The number of ether oxygens (including phenoxy) is 5. The van der Waals surface area contributed by atoms with Gasteiger partial charge in [-0.05, 0) is 20.3 Å². The van der Waals surface area contributed by atoms with Gasteiger partial charge in [-0.3, -0.25) is 9.59 Å². The fourth-order valence-electron chi connectivity index (χ4n) is 1.34. The third-order valence-electron chi connectivity index (χ3n) is 2.74. The fraction of sp³-hybridized carbons (Fsp3) is 0.800. The van der Waals surface area contributed by atoms with Gasteiger partial charge in [0.15, 0.2) is 5.78 Å². The second-order valence-corrected chi connectivity index (χ2v) is 4.74. The van der Waals surface area contributed by atoms with Gasteiger partial charge >= 0.3 is 12.1 Å². The van der Waals surface area contributed by atoms with Gasteiger partial charge in [0.25, 0.3) is 0 Å². The van der Waals surface area contributed by atoms with Gasteiger partial charge < -0.3 is 23.7 Å². The zero-order valence-corrected chi connectivity index (χ0v) is 14.0. The van der Waals surface area contributed by atoms with Crippen molar-refractivity contribution >= 4 is 17.9 Å². The van der Waals surface area contributed by atoms with E-state index in [1.54, 1.807) is 14.0 Å². The molecule has 0 N–H and O–H groups in total. The first-order valence-electron chi connectivity index (χ1n) is 7.53. The van der Waals surface area contributed by atoms with Crippen LogP contribution in [0.15, 0.2) is 0 Å². The Balaban J connectivity index is 3.46. The first-order chi connectivity index (χ1) is 11.0. The Morgan fingerprint density at radius 2 is 1.52 bits per heavy atom. The number of methoxy groups -OCH3 is 1. The number of rotatable bonds is 13. The van der Waals surface area contributed by atoms with Crippen LogP contribution in [-0.2, 0) is 33.3 Å². The van der Waals surface area contributed by atoms with Crippen molar-refractivity contribution in [2.24, 2.45) is 0 Å². The number of ketones is 1. The quantitative estimate of drug-likeness (QED) is 0.369. The maximum atomic E-state index is 11.4. The van der Waals surface area contributed by atoms with Gasteiger partial charge in [-0.2, -0.15) is 0 Å². The van der Waals surface area contributed by atoms with E-state index < -0.39 is 18.2 Å². The normalized spacial score (nSPS) is 11.6. The SMILES string of the molecule is COCCCOC(=O)OCCCC(=O)OCCOC(C)C(C)=O. The molecule has 0 aromatic heterocycles. The largest absolute Gasteiger partial charge is 0.508 e. The summed E-state index contributed by atoms with van der Waals surface area (Å²) in [5, 5.41) is 0. The summed E-state index contributed by atoms with van der Waals surface area (Å²) in [5.74, 6) is -0.497. The smallest absolute Gasteiger partial charge is 0.463 e. The molecule has 0 aromatic rings. The van der Waals surface area contributed by atoms with Gasteiger partial charge in [0.1, 0.15) is 12.7 Å². The lowest BCUT2D eigenvalue weighted by molar-refractivity contribution is -0.146. The molecule has 0 radical (unpaired) electrons. The summed E-state index contributed by atoms with van der Waals surface area (Å²) in [6.07, 6.45) is -0.198. The van der Waals surface area contributed by atoms with Crippen molar-refractivity contribution in [2.45, 2.75) is 39.2 Å². The van der Waals surface area contributed by atoms with E-state index >= 15 is 0 Å². The van der Waals surface area contributed by atoms with Gasteiger partial charge in [-0.15, -0.1) is 0 Å². The lowest BCUT2D eigenvalue weighted by Crippen LogP contribution is -2.21. The van der Waals surface area contributed by atoms with Crippen LogP contribution < -0.4 is 0 Å². The molecule has 0 aliphatic heterocycles. The molecule has 8 nitrogen and oxygen atoms in total. The molecule has 0 fully saturated rings. The van der Waals surface area contributed by atoms with Crippen molar-refractivity contribution in [1.82, 2.24) is 0 Å². The van der Waals surface area contributed by atoms with Crippen molar-refractivity contribution in [3.63, 3.8) is 0 Å². The first kappa shape index (κ1) is 21.3. The van der Waals surface area contributed by atoms with Crippen LogP contribution in [0.2, 0.25) is 0 Å². The van der Waals surface area contributed by atoms with Crippen LogP contribution in [0.25, 0.3) is 0 Å². The van der Waals surface area contributed by atoms with Crippen LogP contribution in [0.5, 0.6) is 0 Å². The predicted molar refractivity (Wildman–Crippen MR) is 80.1 cm³/mol. The Labute approximate surface area is 136 Å². The molecule has 0 aliphatic carbocycles. The first-order valence-corrected chi connectivity index (χ1v) is 7.53. The summed E-state index contributed by atoms with van der Waals surface area (Å²) in [7, 11) is 1.56. The van der Waals surface area contributed by atoms with Crippen molar-refractivity contribution in [2.75, 3.05) is 40.1 Å². The summed E-state index contributed by atoms with van der Waals surface area (Å²) < 4.78 is 24.4. The second-order valence-electron chi connectivity index (χ2n) is 4.74. The minimum absolute atomic E-state index is 0.0794. The molecule has 0 rings (SSSR count). The van der Waals surface area contributed by atoms with Gasteiger partial charge in [-0.1, -0.05) is 0 Å². The summed E-state index contributed by atoms with van der Waals surface area (Å²) in [6, 6.07) is 0. The van der Waals surface area contributed by atoms with E-state index in [4.69, 9.17) is 23.7 Å². The summed E-state index contributed by atoms with van der Waals surface area (Å²) in [6.45, 7) is 4.13. The number of hydrogen-bond donors (Lipinski definition) is 0. The Hall–Kier alpha value is -1.67. The number of Topliss-reactive ketones (excluding diaryl/α,β-unsaturated/α-hetero) is 1. The van der Waals surface area contributed by atoms with E-state index in [0.717, 1.165) is 0 Å². The highest BCUT2D eigenvalue weighted by Gasteiger charge is 2.09. The lowest BCUT2D eigenvalue weighted by Gasteiger charge is -2.10. The molecule has 134 valence electrons. The second kappa shape index (κ2) is 14.0. The maximum absolute atomic E-state index is 11.4. The van der Waals surface area contributed by atoms with Crippen molar-refractivity contribution in [3.8, 4) is 0 Å². The highest BCUT2D eigenvalue weighted by molar-refractivity contribution is 5.79. The molecular formula is C15H26O8. The summed E-state index contributed by atoms with van der Waals surface area (Å²) in [4.78, 5) is 33.4. The topological polar surface area (TPSA) is 97.4 Å². The number of esters is 1. The van der Waals surface area contributed by atoms with Crippen LogP contribution in [0.4, 0.5) is 4.79 Å². The van der Waals surface area contributed by atoms with E-state index in [0.29, 0.717) is 19.4 Å². The monoisotopic (exact) mass is 334 g/mol. The zero-order valence-electron chi connectivity index (χ0n) is 14.0. The van der Waals surface area contributed by atoms with Gasteiger partial charge in [0, 0.05) is 26.6 Å². The number of hydrogen-bond acceptors (Lipinski definition) is 8. The molecule has 0 saturated carbocycles. The zero-order chi connectivity index (χ0) is 17.5. The van der Waals surface area contributed by atoms with Gasteiger partial charge in [0.05, 0.1) is 19.8 Å². The molecule has 1 atom stereocenters. The fourth-order valence-corrected chi connectivity index (χ4v) is 1.34. The highest BCUT2D eigenvalue weighted by Crippen LogP contribution is 1.97. The minimum Gasteiger partial charge on any atom is -0.463 e. The highest BCUT2D eigenvalue weighted by atomic mass is 16.7. The molecule has 0 saturated heterocycles. The van der Waals surface area contributed by atoms with Crippen molar-refractivity contribution in [1.29, 1.82) is 0 Å². The van der Waals surface area contributed by atoms with E-state index in [1.807, 2.05) is 0 Å². The van der Waals surface area contributed by atoms with Crippen molar-refractivity contribution in [3.05, 3.63) is 0 Å². The molecule has 23 heavy (non-hydrogen) atoms. The molecule has 0 bridgehead atoms. The van der Waals surface area contributed by atoms with E-state index in [9.17, 15) is 14.4 Å². The van der Waals surface area contributed by atoms with E-state index in [-0.39, 0.29) is 38.6 Å². The standard InChI is InChI=1S/C15H26O8/c1-12(16)13(2)20-10-11-21-14(17)6-4-8-22-15(18)23-9-5-7-19-3/h13H,4-11H2,1-3H3. The van der Waals surface area contributed by atoms with Crippen LogP contribution in [0, 0.1) is 0 Å². The van der Waals surface area contributed by atoms with E-state index in [2.05, 4.69) is 0 Å². The predicted octanol–water partition coefficient (Wildman–Crippen LogP) is 1.49. The molecule has 1 unspecified atom stereocenters. The van der Waals surface area contributed by atoms with Gasteiger partial charge in [-0.25, -0.2) is 4.79 Å². The molecule has 0 spiro atoms. The Morgan fingerprint density at radius 3 is 2.13 bits per heavy atom. The Kier molecular flexibility index (Phi) is 12.9. The van der Waals surface area contributed by atoms with Crippen molar-refractivity contribution < 1.29 is 38.1 Å². The summed E-state index contributed by atoms with van der Waals surface area (Å²) >= 11 is 0. The van der Waals surface area contributed by atoms with Crippen LogP contribution in [0.1, 0.15) is 33.1 Å². The third kappa shape index (κ3) is 13.7. The molecule has 0 amide bonds. The Morgan fingerprint density at radius 1 is 0.870 bits per heavy atom. The molecular weight excluding hydrogens is 308 g/mol. The lowest BCUT2D eigenvalue weighted by atomic mass is 10.3. The minimum atomic E-state index is -0.763. The number of carbonyl (C=O) groups is 3. The van der Waals surface area contributed by atoms with E-state index in [1.165, 1.54) is 6.92 Å². The summed E-state index contributed by atoms with van der Waals surface area (Å²) in [5.41, 5.74) is 0. The molecule has 0 aromatic carbocycles. The maximum Gasteiger partial charge on any atom is 0.508 e. The molecule has 0 heterocycles. The average Bonchev–Trinajstić information content (AvgIpc) is 2.52. The third-order valence-corrected chi connectivity index (χ3v) is 2.74. The van der Waals surface area contributed by atoms with Gasteiger partial charge in [0.2, 0.25) is 0 Å². The molecule has 8 heteroatoms. The Bertz CT molecular complexity index is 355. The van der Waals surface area contributed by atoms with Crippen LogP contribution in [-0.4, -0.2) is 64.2 Å². The average molecular weight is 334 g/mol. The van der Waals surface area contributed by atoms with Crippen LogP contribution >= 0.6 is 0 Å². The van der Waals surface area contributed by atoms with Crippen LogP contribution in [0.3, 0.4) is 0 Å².